The van der Waals surface area contributed by atoms with Crippen molar-refractivity contribution < 1.29 is 4.52 Å². The van der Waals surface area contributed by atoms with Crippen LogP contribution in [0.3, 0.4) is 0 Å². The molecule has 0 aliphatic carbocycles. The summed E-state index contributed by atoms with van der Waals surface area (Å²) in [4.78, 5) is 0. The fourth-order valence-corrected chi connectivity index (χ4v) is 6.12. The van der Waals surface area contributed by atoms with Crippen LogP contribution in [0.5, 0.6) is 5.75 Å². The van der Waals surface area contributed by atoms with Crippen LogP contribution in [0.1, 0.15) is 0 Å². The van der Waals surface area contributed by atoms with Crippen LogP contribution in [-0.4, -0.2) is 13.3 Å². The van der Waals surface area contributed by atoms with E-state index in [0.29, 0.717) is 0 Å². The molecule has 0 heterocycles. The molecule has 0 unspecified atom stereocenters. The van der Waals surface area contributed by atoms with E-state index in [1.54, 1.807) is 0 Å². The van der Waals surface area contributed by atoms with Crippen molar-refractivity contribution in [2.24, 2.45) is 0 Å². The van der Waals surface area contributed by atoms with E-state index in [9.17, 15) is 0 Å². The molecule has 3 aromatic rings. The number of hydrogen-bond acceptors (Lipinski definition) is 1. The van der Waals surface area contributed by atoms with Gasteiger partial charge in [0.2, 0.25) is 0 Å². The predicted molar refractivity (Wildman–Crippen MR) is 98.0 cm³/mol. The Labute approximate surface area is 132 Å². The summed E-state index contributed by atoms with van der Waals surface area (Å²) in [6, 6.07) is 31.2. The van der Waals surface area contributed by atoms with Gasteiger partial charge < -0.3 is 0 Å². The fourth-order valence-electron chi connectivity index (χ4n) is 2.78. The van der Waals surface area contributed by atoms with E-state index in [0.717, 1.165) is 5.75 Å². The maximum atomic E-state index is 6.69. The summed E-state index contributed by atoms with van der Waals surface area (Å²) in [7, 11) is 0. The van der Waals surface area contributed by atoms with Gasteiger partial charge in [-0.05, 0) is 0 Å². The Bertz CT molecular complexity index is 693. The maximum absolute atomic E-state index is 6.69. The van der Waals surface area contributed by atoms with Gasteiger partial charge in [0, 0.05) is 0 Å². The van der Waals surface area contributed by atoms with Gasteiger partial charge in [-0.25, -0.2) is 0 Å². The summed E-state index contributed by atoms with van der Waals surface area (Å²) in [5, 5.41) is 2.51. The van der Waals surface area contributed by atoms with Crippen LogP contribution in [0.25, 0.3) is 0 Å². The van der Waals surface area contributed by atoms with E-state index in [-0.39, 0.29) is 0 Å². The molecule has 3 rings (SSSR count). The first-order valence-corrected chi connectivity index (χ1v) is 10.5. The second kappa shape index (κ2) is 5.59. The minimum atomic E-state index is -2.74. The summed E-state index contributed by atoms with van der Waals surface area (Å²) in [6.07, 6.45) is 0. The summed E-state index contributed by atoms with van der Waals surface area (Å²) >= 11 is 0. The van der Waals surface area contributed by atoms with Crippen LogP contribution in [-0.2, 0) is 0 Å². The van der Waals surface area contributed by atoms with Gasteiger partial charge in [0.15, 0.2) is 0 Å². The van der Waals surface area contributed by atoms with Gasteiger partial charge in [0.1, 0.15) is 0 Å². The van der Waals surface area contributed by atoms with Crippen LogP contribution < -0.4 is 15.1 Å². The van der Waals surface area contributed by atoms with E-state index in [2.05, 4.69) is 61.9 Å². The third kappa shape index (κ3) is 2.65. The average Bonchev–Trinajstić information content (AvgIpc) is 2.57. The van der Waals surface area contributed by atoms with Gasteiger partial charge in [-0.2, -0.15) is 0 Å². The first kappa shape index (κ1) is 14.8. The topological polar surface area (TPSA) is 9.23 Å². The third-order valence-electron chi connectivity index (χ3n) is 4.14. The molecule has 2 heteroatoms. The Kier molecular flexibility index (Phi) is 3.76. The summed E-state index contributed by atoms with van der Waals surface area (Å²) in [5.74, 6) is 0.915. The summed E-state index contributed by atoms with van der Waals surface area (Å²) in [5.41, 5.74) is 0. The van der Waals surface area contributed by atoms with Crippen molar-refractivity contribution >= 4 is 17.4 Å². The molecular weight excluding hydrogens is 287 g/mol. The summed E-state index contributed by atoms with van der Waals surface area (Å²) in [6.45, 7) is 1.80. The fraction of sp³-hybridized carbons (Fsp3) is 0.100. The molecule has 1 nitrogen and oxygen atoms in total. The van der Waals surface area contributed by atoms with Crippen molar-refractivity contribution in [1.82, 2.24) is 0 Å². The zero-order valence-electron chi connectivity index (χ0n) is 13.0. The molecule has 0 spiro atoms. The number of hydrogen-bond donors (Lipinski definition) is 0. The Morgan fingerprint density at radius 3 is 1.32 bits per heavy atom. The van der Waals surface area contributed by atoms with E-state index < -0.39 is 6.83 Å². The molecule has 0 atom stereocenters. The van der Waals surface area contributed by atoms with Gasteiger partial charge in [-0.3, -0.25) is 0 Å². The number of para-hydroxylation sites is 1. The predicted octanol–water partition coefficient (Wildman–Crippen LogP) is 4.44. The van der Waals surface area contributed by atoms with Crippen molar-refractivity contribution in [3.63, 3.8) is 0 Å². The quantitative estimate of drug-likeness (QED) is 0.647. The Hall–Kier alpha value is -2.11. The van der Waals surface area contributed by atoms with Crippen molar-refractivity contribution in [2.75, 3.05) is 13.3 Å². The van der Waals surface area contributed by atoms with Crippen molar-refractivity contribution in [2.45, 2.75) is 0 Å². The molecule has 0 fully saturated rings. The van der Waals surface area contributed by atoms with Crippen LogP contribution in [0.2, 0.25) is 0 Å². The zero-order chi connectivity index (χ0) is 15.5. The molecule has 0 aromatic heterocycles. The molecule has 3 aromatic carbocycles. The Morgan fingerprint density at radius 1 is 0.545 bits per heavy atom. The van der Waals surface area contributed by atoms with Gasteiger partial charge >= 0.3 is 132 Å². The number of benzene rings is 3. The van der Waals surface area contributed by atoms with E-state index >= 15 is 0 Å². The van der Waals surface area contributed by atoms with Gasteiger partial charge in [0.25, 0.3) is 0 Å². The zero-order valence-corrected chi connectivity index (χ0v) is 13.9. The Morgan fingerprint density at radius 2 is 0.909 bits per heavy atom. The van der Waals surface area contributed by atoms with E-state index in [1.807, 2.05) is 42.5 Å². The number of rotatable bonds is 4. The molecule has 112 valence electrons. The average molecular weight is 308 g/mol. The second-order valence-corrected chi connectivity index (χ2v) is 11.3. The SMILES string of the molecule is CP(C)(Oc1ccccc1)(c1ccccc1)c1ccccc1. The third-order valence-corrected chi connectivity index (χ3v) is 8.50. The molecule has 0 aliphatic rings. The molecule has 22 heavy (non-hydrogen) atoms. The van der Waals surface area contributed by atoms with E-state index in [4.69, 9.17) is 4.52 Å². The van der Waals surface area contributed by atoms with Crippen LogP contribution in [0.15, 0.2) is 91.0 Å². The van der Waals surface area contributed by atoms with Gasteiger partial charge in [0.05, 0.1) is 0 Å². The molecule has 0 N–H and O–H groups in total. The van der Waals surface area contributed by atoms with E-state index in [1.165, 1.54) is 10.6 Å². The molecule has 0 bridgehead atoms. The molecule has 0 amide bonds. The molecule has 0 saturated carbocycles. The second-order valence-electron chi connectivity index (χ2n) is 6.08. The van der Waals surface area contributed by atoms with Gasteiger partial charge in [-0.1, -0.05) is 0 Å². The Balaban J connectivity index is 2.19. The van der Waals surface area contributed by atoms with Crippen LogP contribution >= 0.6 is 6.83 Å². The molecular formula is C20H21OP. The van der Waals surface area contributed by atoms with Crippen molar-refractivity contribution in [1.29, 1.82) is 0 Å². The van der Waals surface area contributed by atoms with Gasteiger partial charge in [-0.15, -0.1) is 0 Å². The standard InChI is InChI=1S/C20H21OP/c1-22(2,19-14-8-4-9-15-19,20-16-10-5-11-17-20)21-18-12-6-3-7-13-18/h3-17H,1-2H3. The molecule has 0 saturated heterocycles. The first-order chi connectivity index (χ1) is 10.6. The normalized spacial score (nSPS) is 13.1. The summed E-state index contributed by atoms with van der Waals surface area (Å²) < 4.78 is 6.69. The van der Waals surface area contributed by atoms with Crippen LogP contribution in [0.4, 0.5) is 0 Å². The van der Waals surface area contributed by atoms with Crippen molar-refractivity contribution in [3.05, 3.63) is 91.0 Å². The minimum absolute atomic E-state index is 0.915. The molecule has 0 aliphatic heterocycles. The van der Waals surface area contributed by atoms with Crippen molar-refractivity contribution in [3.8, 4) is 5.75 Å². The first-order valence-electron chi connectivity index (χ1n) is 7.46. The molecule has 0 radical (unpaired) electrons. The monoisotopic (exact) mass is 308 g/mol. The van der Waals surface area contributed by atoms with Crippen LogP contribution in [0, 0.1) is 0 Å².